The summed E-state index contributed by atoms with van der Waals surface area (Å²) in [7, 11) is 0. The molecule has 1 aliphatic carbocycles. The van der Waals surface area contributed by atoms with Gasteiger partial charge < -0.3 is 4.90 Å². The summed E-state index contributed by atoms with van der Waals surface area (Å²) >= 11 is 6.08. The van der Waals surface area contributed by atoms with Crippen molar-refractivity contribution in [2.24, 2.45) is 11.8 Å². The fourth-order valence-electron chi connectivity index (χ4n) is 4.11. The Kier molecular flexibility index (Phi) is 4.80. The van der Waals surface area contributed by atoms with Crippen molar-refractivity contribution in [1.82, 2.24) is 4.90 Å². The summed E-state index contributed by atoms with van der Waals surface area (Å²) in [6, 6.07) is 18.7. The highest BCUT2D eigenvalue weighted by atomic mass is 35.5. The van der Waals surface area contributed by atoms with Gasteiger partial charge in [-0.1, -0.05) is 54.1 Å². The van der Waals surface area contributed by atoms with Gasteiger partial charge in [0, 0.05) is 24.0 Å². The Balaban J connectivity index is 1.29. The molecule has 2 unspecified atom stereocenters. The molecule has 2 atom stereocenters. The molecule has 0 spiro atoms. The van der Waals surface area contributed by atoms with E-state index >= 15 is 0 Å². The molecule has 2 fully saturated rings. The molecule has 1 saturated carbocycles. The Bertz CT molecular complexity index is 737. The average Bonchev–Trinajstić information content (AvgIpc) is 3.43. The molecule has 0 aromatic heterocycles. The molecule has 1 amide bonds. The minimum Gasteiger partial charge on any atom is -0.342 e. The molecular weight excluding hydrogens is 330 g/mol. The summed E-state index contributed by atoms with van der Waals surface area (Å²) in [6.07, 6.45) is 4.35. The zero-order valence-corrected chi connectivity index (χ0v) is 15.2. The van der Waals surface area contributed by atoms with Crippen LogP contribution >= 0.6 is 11.6 Å². The lowest BCUT2D eigenvalue weighted by Gasteiger charge is -2.32. The van der Waals surface area contributed by atoms with Crippen LogP contribution in [0.1, 0.15) is 36.3 Å². The van der Waals surface area contributed by atoms with Crippen LogP contribution in [0.4, 0.5) is 0 Å². The molecule has 0 bridgehead atoms. The summed E-state index contributed by atoms with van der Waals surface area (Å²) < 4.78 is 0. The van der Waals surface area contributed by atoms with Gasteiger partial charge in [0.15, 0.2) is 0 Å². The summed E-state index contributed by atoms with van der Waals surface area (Å²) in [4.78, 5) is 14.9. The van der Waals surface area contributed by atoms with E-state index in [4.69, 9.17) is 11.6 Å². The summed E-state index contributed by atoms with van der Waals surface area (Å²) in [5.74, 6) is 1.59. The minimum absolute atomic E-state index is 0.171. The van der Waals surface area contributed by atoms with Crippen molar-refractivity contribution in [3.05, 3.63) is 70.7 Å². The van der Waals surface area contributed by atoms with Crippen molar-refractivity contribution in [3.63, 3.8) is 0 Å². The third kappa shape index (κ3) is 3.90. The smallest absolute Gasteiger partial charge is 0.226 e. The third-order valence-corrected chi connectivity index (χ3v) is 5.91. The largest absolute Gasteiger partial charge is 0.342 e. The number of carbonyl (C=O) groups excluding carboxylic acids is 1. The first-order chi connectivity index (χ1) is 12.2. The Morgan fingerprint density at radius 1 is 1.04 bits per heavy atom. The van der Waals surface area contributed by atoms with Gasteiger partial charge in [-0.15, -0.1) is 0 Å². The standard InChI is InChI=1S/C22H24ClNO/c23-19-8-4-7-18(14-19)20-15-21(20)22(25)24-11-9-17(10-12-24)13-16-5-2-1-3-6-16/h1-8,14,17,20-21H,9-13,15H2. The average molecular weight is 354 g/mol. The number of hydrogen-bond donors (Lipinski definition) is 0. The van der Waals surface area contributed by atoms with Gasteiger partial charge in [0.05, 0.1) is 0 Å². The van der Waals surface area contributed by atoms with Crippen LogP contribution in [-0.2, 0) is 11.2 Å². The molecule has 2 aliphatic rings. The van der Waals surface area contributed by atoms with Crippen LogP contribution in [0.25, 0.3) is 0 Å². The van der Waals surface area contributed by atoms with Gasteiger partial charge in [-0.25, -0.2) is 0 Å². The number of amides is 1. The number of nitrogens with zero attached hydrogens (tertiary/aromatic N) is 1. The molecule has 0 radical (unpaired) electrons. The van der Waals surface area contributed by atoms with Crippen LogP contribution in [0.15, 0.2) is 54.6 Å². The summed E-state index contributed by atoms with van der Waals surface area (Å²) in [5, 5.41) is 0.761. The van der Waals surface area contributed by atoms with Crippen LogP contribution in [0.2, 0.25) is 5.02 Å². The maximum Gasteiger partial charge on any atom is 0.226 e. The highest BCUT2D eigenvalue weighted by Crippen LogP contribution is 2.49. The summed E-state index contributed by atoms with van der Waals surface area (Å²) in [5.41, 5.74) is 2.63. The predicted octanol–water partition coefficient (Wildman–Crippen LogP) is 4.92. The van der Waals surface area contributed by atoms with E-state index in [9.17, 15) is 4.79 Å². The number of carbonyl (C=O) groups is 1. The van der Waals surface area contributed by atoms with E-state index in [-0.39, 0.29) is 5.92 Å². The second-order valence-corrected chi connectivity index (χ2v) is 7.90. The summed E-state index contributed by atoms with van der Waals surface area (Å²) in [6.45, 7) is 1.82. The van der Waals surface area contributed by atoms with Crippen LogP contribution in [0.5, 0.6) is 0 Å². The van der Waals surface area contributed by atoms with Crippen LogP contribution in [-0.4, -0.2) is 23.9 Å². The van der Waals surface area contributed by atoms with Crippen LogP contribution < -0.4 is 0 Å². The molecule has 4 rings (SSSR count). The monoisotopic (exact) mass is 353 g/mol. The van der Waals surface area contributed by atoms with E-state index < -0.39 is 0 Å². The molecule has 3 heteroatoms. The quantitative estimate of drug-likeness (QED) is 0.763. The van der Waals surface area contributed by atoms with E-state index in [1.807, 2.05) is 18.2 Å². The highest BCUT2D eigenvalue weighted by Gasteiger charge is 2.46. The van der Waals surface area contributed by atoms with Gasteiger partial charge in [0.25, 0.3) is 0 Å². The zero-order valence-electron chi connectivity index (χ0n) is 14.4. The Labute approximate surface area is 154 Å². The maximum absolute atomic E-state index is 12.8. The number of hydrogen-bond acceptors (Lipinski definition) is 1. The molecule has 0 N–H and O–H groups in total. The number of piperidine rings is 1. The molecule has 2 nitrogen and oxygen atoms in total. The molecule has 1 aliphatic heterocycles. The molecule has 2 aromatic carbocycles. The van der Waals surface area contributed by atoms with Crippen LogP contribution in [0.3, 0.4) is 0 Å². The lowest BCUT2D eigenvalue weighted by molar-refractivity contribution is -0.134. The second kappa shape index (κ2) is 7.21. The van der Waals surface area contributed by atoms with Gasteiger partial charge in [-0.3, -0.25) is 4.79 Å². The molecular formula is C22H24ClNO. The molecule has 25 heavy (non-hydrogen) atoms. The molecule has 1 saturated heterocycles. The van der Waals surface area contributed by atoms with Crippen molar-refractivity contribution < 1.29 is 4.79 Å². The van der Waals surface area contributed by atoms with E-state index in [2.05, 4.69) is 41.3 Å². The Hall–Kier alpha value is -1.80. The highest BCUT2D eigenvalue weighted by molar-refractivity contribution is 6.30. The topological polar surface area (TPSA) is 20.3 Å². The fourth-order valence-corrected chi connectivity index (χ4v) is 4.31. The molecule has 130 valence electrons. The second-order valence-electron chi connectivity index (χ2n) is 7.46. The van der Waals surface area contributed by atoms with Gasteiger partial charge in [-0.2, -0.15) is 0 Å². The molecule has 2 aromatic rings. The third-order valence-electron chi connectivity index (χ3n) is 5.68. The van der Waals surface area contributed by atoms with E-state index in [1.54, 1.807) is 0 Å². The number of halogens is 1. The van der Waals surface area contributed by atoms with Crippen LogP contribution in [0, 0.1) is 11.8 Å². The maximum atomic E-state index is 12.8. The minimum atomic E-state index is 0.171. The SMILES string of the molecule is O=C(C1CC1c1cccc(Cl)c1)N1CCC(Cc2ccccc2)CC1. The van der Waals surface area contributed by atoms with Gasteiger partial charge in [0.2, 0.25) is 5.91 Å². The van der Waals surface area contributed by atoms with Gasteiger partial charge in [0.1, 0.15) is 0 Å². The van der Waals surface area contributed by atoms with Crippen molar-refractivity contribution in [2.75, 3.05) is 13.1 Å². The predicted molar refractivity (Wildman–Crippen MR) is 102 cm³/mol. The Morgan fingerprint density at radius 2 is 1.80 bits per heavy atom. The first kappa shape index (κ1) is 16.7. The Morgan fingerprint density at radius 3 is 2.52 bits per heavy atom. The molecule has 1 heterocycles. The van der Waals surface area contributed by atoms with Crippen molar-refractivity contribution in [3.8, 4) is 0 Å². The lowest BCUT2D eigenvalue weighted by Crippen LogP contribution is -2.40. The van der Waals surface area contributed by atoms with E-state index in [1.165, 1.54) is 11.1 Å². The lowest BCUT2D eigenvalue weighted by atomic mass is 9.90. The fraction of sp³-hybridized carbons (Fsp3) is 0.409. The van der Waals surface area contributed by atoms with Gasteiger partial charge in [-0.05, 0) is 60.8 Å². The zero-order chi connectivity index (χ0) is 17.2. The number of likely N-dealkylation sites (tertiary alicyclic amines) is 1. The van der Waals surface area contributed by atoms with E-state index in [0.717, 1.165) is 43.8 Å². The first-order valence-electron chi connectivity index (χ1n) is 9.29. The van der Waals surface area contributed by atoms with E-state index in [0.29, 0.717) is 17.7 Å². The number of benzene rings is 2. The van der Waals surface area contributed by atoms with Crippen molar-refractivity contribution >= 4 is 17.5 Å². The number of rotatable bonds is 4. The first-order valence-corrected chi connectivity index (χ1v) is 9.66. The van der Waals surface area contributed by atoms with Crippen molar-refractivity contribution in [1.29, 1.82) is 0 Å². The van der Waals surface area contributed by atoms with Crippen molar-refractivity contribution in [2.45, 2.75) is 31.6 Å². The normalized spacial score (nSPS) is 23.5. The van der Waals surface area contributed by atoms with Gasteiger partial charge >= 0.3 is 0 Å².